The van der Waals surface area contributed by atoms with Gasteiger partial charge < -0.3 is 10.5 Å². The number of aromatic nitrogens is 2. The third-order valence-electron chi connectivity index (χ3n) is 2.24. The lowest BCUT2D eigenvalue weighted by atomic mass is 9.99. The SMILES string of the molecule is CC(C)(C)COc1cc(Br)c2c(N)cnn2c1. The zero-order valence-corrected chi connectivity index (χ0v) is 11.8. The van der Waals surface area contributed by atoms with Gasteiger partial charge in [-0.1, -0.05) is 20.8 Å². The van der Waals surface area contributed by atoms with Crippen LogP contribution in [0.5, 0.6) is 5.75 Å². The van der Waals surface area contributed by atoms with Gasteiger partial charge in [-0.2, -0.15) is 5.10 Å². The first kappa shape index (κ1) is 12.2. The highest BCUT2D eigenvalue weighted by atomic mass is 79.9. The number of fused-ring (bicyclic) bond motifs is 1. The molecule has 0 aliphatic heterocycles. The molecule has 2 aromatic rings. The molecule has 0 fully saturated rings. The summed E-state index contributed by atoms with van der Waals surface area (Å²) in [6.07, 6.45) is 3.47. The number of nitrogen functional groups attached to an aromatic ring is 1. The van der Waals surface area contributed by atoms with Gasteiger partial charge in [-0.15, -0.1) is 0 Å². The maximum atomic E-state index is 5.82. The maximum absolute atomic E-state index is 5.82. The number of halogens is 1. The molecule has 0 spiro atoms. The van der Waals surface area contributed by atoms with Gasteiger partial charge in [0.25, 0.3) is 0 Å². The molecule has 0 bridgehead atoms. The van der Waals surface area contributed by atoms with E-state index in [9.17, 15) is 0 Å². The molecule has 2 heterocycles. The van der Waals surface area contributed by atoms with E-state index < -0.39 is 0 Å². The fraction of sp³-hybridized carbons (Fsp3) is 0.417. The molecule has 0 amide bonds. The molecule has 0 aromatic carbocycles. The predicted octanol–water partition coefficient (Wildman–Crippen LogP) is 3.10. The summed E-state index contributed by atoms with van der Waals surface area (Å²) in [7, 11) is 0. The Labute approximate surface area is 109 Å². The van der Waals surface area contributed by atoms with Gasteiger partial charge in [0.15, 0.2) is 0 Å². The highest BCUT2D eigenvalue weighted by Gasteiger charge is 2.13. The standard InChI is InChI=1S/C12H16BrN3O/c1-12(2,3)7-17-8-4-9(13)11-10(14)5-15-16(11)6-8/h4-6H,7,14H2,1-3H3. The van der Waals surface area contributed by atoms with Crippen LogP contribution >= 0.6 is 15.9 Å². The van der Waals surface area contributed by atoms with Crippen LogP contribution in [0, 0.1) is 5.41 Å². The van der Waals surface area contributed by atoms with E-state index in [2.05, 4.69) is 41.8 Å². The first-order chi connectivity index (χ1) is 7.87. The van der Waals surface area contributed by atoms with Crippen LogP contribution < -0.4 is 10.5 Å². The Bertz CT molecular complexity index is 542. The van der Waals surface area contributed by atoms with Crippen molar-refractivity contribution in [1.29, 1.82) is 0 Å². The van der Waals surface area contributed by atoms with Crippen molar-refractivity contribution in [2.24, 2.45) is 5.41 Å². The van der Waals surface area contributed by atoms with Gasteiger partial charge in [-0.25, -0.2) is 4.52 Å². The summed E-state index contributed by atoms with van der Waals surface area (Å²) >= 11 is 3.48. The first-order valence-electron chi connectivity index (χ1n) is 5.42. The number of nitrogens with zero attached hydrogens (tertiary/aromatic N) is 2. The molecule has 0 aliphatic carbocycles. The zero-order valence-electron chi connectivity index (χ0n) is 10.2. The van der Waals surface area contributed by atoms with E-state index in [1.165, 1.54) is 0 Å². The summed E-state index contributed by atoms with van der Waals surface area (Å²) in [4.78, 5) is 0. The van der Waals surface area contributed by atoms with Gasteiger partial charge in [-0.3, -0.25) is 0 Å². The Morgan fingerprint density at radius 2 is 2.18 bits per heavy atom. The molecule has 17 heavy (non-hydrogen) atoms. The molecule has 92 valence electrons. The fourth-order valence-corrected chi connectivity index (χ4v) is 2.09. The Balaban J connectivity index is 2.31. The second kappa shape index (κ2) is 4.22. The molecule has 0 radical (unpaired) electrons. The van der Waals surface area contributed by atoms with Crippen LogP contribution in [0.25, 0.3) is 5.52 Å². The smallest absolute Gasteiger partial charge is 0.138 e. The van der Waals surface area contributed by atoms with E-state index in [4.69, 9.17) is 10.5 Å². The normalized spacial score (nSPS) is 12.0. The summed E-state index contributed by atoms with van der Waals surface area (Å²) in [5.41, 5.74) is 7.47. The number of anilines is 1. The monoisotopic (exact) mass is 297 g/mol. The number of hydrogen-bond donors (Lipinski definition) is 1. The first-order valence-corrected chi connectivity index (χ1v) is 6.21. The summed E-state index contributed by atoms with van der Waals surface area (Å²) < 4.78 is 8.34. The third kappa shape index (κ3) is 2.72. The fourth-order valence-electron chi connectivity index (χ4n) is 1.45. The number of pyridine rings is 1. The van der Waals surface area contributed by atoms with Crippen molar-refractivity contribution >= 4 is 27.1 Å². The van der Waals surface area contributed by atoms with E-state index in [0.29, 0.717) is 12.3 Å². The summed E-state index contributed by atoms with van der Waals surface area (Å²) in [6.45, 7) is 7.05. The lowest BCUT2D eigenvalue weighted by Gasteiger charge is -2.19. The van der Waals surface area contributed by atoms with E-state index in [-0.39, 0.29) is 5.41 Å². The molecule has 0 saturated heterocycles. The van der Waals surface area contributed by atoms with Gasteiger partial charge in [0.2, 0.25) is 0 Å². The van der Waals surface area contributed by atoms with Gasteiger partial charge in [0.1, 0.15) is 11.3 Å². The largest absolute Gasteiger partial charge is 0.491 e. The molecule has 0 atom stereocenters. The number of nitrogens with two attached hydrogens (primary N) is 1. The van der Waals surface area contributed by atoms with Crippen LogP contribution in [-0.4, -0.2) is 16.2 Å². The molecule has 2 rings (SSSR count). The Morgan fingerprint density at radius 1 is 1.47 bits per heavy atom. The molecule has 4 nitrogen and oxygen atoms in total. The van der Waals surface area contributed by atoms with E-state index >= 15 is 0 Å². The lowest BCUT2D eigenvalue weighted by Crippen LogP contribution is -2.17. The van der Waals surface area contributed by atoms with E-state index in [1.54, 1.807) is 10.7 Å². The maximum Gasteiger partial charge on any atom is 0.138 e. The summed E-state index contributed by atoms with van der Waals surface area (Å²) in [6, 6.07) is 1.92. The van der Waals surface area contributed by atoms with Gasteiger partial charge in [0, 0.05) is 4.47 Å². The third-order valence-corrected chi connectivity index (χ3v) is 2.84. The van der Waals surface area contributed by atoms with Crippen LogP contribution in [0.4, 0.5) is 5.69 Å². The Hall–Kier alpha value is -1.23. The number of ether oxygens (including phenoxy) is 1. The van der Waals surface area contributed by atoms with Crippen molar-refractivity contribution in [3.8, 4) is 5.75 Å². The van der Waals surface area contributed by atoms with Crippen LogP contribution in [-0.2, 0) is 0 Å². The lowest BCUT2D eigenvalue weighted by molar-refractivity contribution is 0.197. The van der Waals surface area contributed by atoms with Crippen LogP contribution in [0.1, 0.15) is 20.8 Å². The molecular formula is C12H16BrN3O. The highest BCUT2D eigenvalue weighted by Crippen LogP contribution is 2.28. The summed E-state index contributed by atoms with van der Waals surface area (Å²) in [5, 5.41) is 4.17. The molecule has 0 unspecified atom stereocenters. The molecular weight excluding hydrogens is 282 g/mol. The van der Waals surface area contributed by atoms with Crippen LogP contribution in [0.2, 0.25) is 0 Å². The summed E-state index contributed by atoms with van der Waals surface area (Å²) in [5.74, 6) is 0.780. The van der Waals surface area contributed by atoms with Crippen molar-refractivity contribution in [2.45, 2.75) is 20.8 Å². The van der Waals surface area contributed by atoms with Crippen molar-refractivity contribution in [2.75, 3.05) is 12.3 Å². The van der Waals surface area contributed by atoms with Gasteiger partial charge in [0.05, 0.1) is 24.7 Å². The minimum absolute atomic E-state index is 0.130. The average Bonchev–Trinajstić information content (AvgIpc) is 2.57. The Morgan fingerprint density at radius 3 is 2.82 bits per heavy atom. The van der Waals surface area contributed by atoms with Crippen molar-refractivity contribution in [3.05, 3.63) is 22.9 Å². The molecule has 5 heteroatoms. The van der Waals surface area contributed by atoms with E-state index in [1.807, 2.05) is 12.3 Å². The second-order valence-electron chi connectivity index (χ2n) is 5.27. The highest BCUT2D eigenvalue weighted by molar-refractivity contribution is 9.10. The van der Waals surface area contributed by atoms with Gasteiger partial charge >= 0.3 is 0 Å². The molecule has 0 saturated carbocycles. The molecule has 0 aliphatic rings. The topological polar surface area (TPSA) is 52.5 Å². The predicted molar refractivity (Wildman–Crippen MR) is 72.3 cm³/mol. The quantitative estimate of drug-likeness (QED) is 0.927. The second-order valence-corrected chi connectivity index (χ2v) is 6.12. The number of hydrogen-bond acceptors (Lipinski definition) is 3. The van der Waals surface area contributed by atoms with Crippen molar-refractivity contribution in [3.63, 3.8) is 0 Å². The Kier molecular flexibility index (Phi) is 3.03. The van der Waals surface area contributed by atoms with E-state index in [0.717, 1.165) is 15.7 Å². The molecule has 2 aromatic heterocycles. The minimum Gasteiger partial charge on any atom is -0.491 e. The van der Waals surface area contributed by atoms with Gasteiger partial charge in [-0.05, 0) is 27.4 Å². The minimum atomic E-state index is 0.130. The zero-order chi connectivity index (χ0) is 12.6. The molecule has 2 N–H and O–H groups in total. The number of rotatable bonds is 2. The van der Waals surface area contributed by atoms with Crippen LogP contribution in [0.3, 0.4) is 0 Å². The average molecular weight is 298 g/mol. The van der Waals surface area contributed by atoms with Crippen LogP contribution in [0.15, 0.2) is 22.9 Å². The van der Waals surface area contributed by atoms with Crippen molar-refractivity contribution in [1.82, 2.24) is 9.61 Å². The van der Waals surface area contributed by atoms with Crippen molar-refractivity contribution < 1.29 is 4.74 Å².